The van der Waals surface area contributed by atoms with E-state index < -0.39 is 12.5 Å². The van der Waals surface area contributed by atoms with Crippen molar-refractivity contribution in [3.8, 4) is 0 Å². The quantitative estimate of drug-likeness (QED) is 0.876. The Balaban J connectivity index is 2.32. The highest BCUT2D eigenvalue weighted by atomic mass is 79.9. The van der Waals surface area contributed by atoms with Gasteiger partial charge in [-0.05, 0) is 28.9 Å². The highest BCUT2D eigenvalue weighted by Crippen LogP contribution is 2.26. The zero-order valence-electron chi connectivity index (χ0n) is 8.14. The lowest BCUT2D eigenvalue weighted by atomic mass is 10.3. The van der Waals surface area contributed by atoms with E-state index in [1.54, 1.807) is 11.3 Å². The summed E-state index contributed by atoms with van der Waals surface area (Å²) < 4.78 is 24.9. The molecule has 0 aromatic carbocycles. The molecule has 0 saturated heterocycles. The molecule has 15 heavy (non-hydrogen) atoms. The van der Waals surface area contributed by atoms with Gasteiger partial charge in [-0.2, -0.15) is 0 Å². The van der Waals surface area contributed by atoms with Gasteiger partial charge in [-0.1, -0.05) is 0 Å². The Hall–Kier alpha value is -0.0400. The van der Waals surface area contributed by atoms with Crippen LogP contribution in [0.25, 0.3) is 0 Å². The molecule has 0 aliphatic heterocycles. The predicted octanol–water partition coefficient (Wildman–Crippen LogP) is 2.53. The van der Waals surface area contributed by atoms with E-state index in [9.17, 15) is 8.78 Å². The number of aryl methyl sites for hydroxylation is 1. The number of hydrogen-bond donors (Lipinski definition) is 2. The normalized spacial score (nSPS) is 13.5. The number of thiophene rings is 1. The molecule has 0 saturated carbocycles. The first-order chi connectivity index (χ1) is 7.00. The van der Waals surface area contributed by atoms with Crippen LogP contribution in [0.4, 0.5) is 8.78 Å². The van der Waals surface area contributed by atoms with Gasteiger partial charge in [-0.25, -0.2) is 8.78 Å². The second-order valence-corrected chi connectivity index (χ2v) is 5.34. The van der Waals surface area contributed by atoms with Gasteiger partial charge in [0.15, 0.2) is 0 Å². The van der Waals surface area contributed by atoms with Crippen molar-refractivity contribution in [2.75, 3.05) is 6.54 Å². The molecule has 0 radical (unpaired) electrons. The Bertz CT molecular complexity index is 300. The number of aliphatic hydroxyl groups excluding tert-OH is 1. The molecule has 0 bridgehead atoms. The summed E-state index contributed by atoms with van der Waals surface area (Å²) >= 11 is 4.97. The molecule has 1 aromatic rings. The minimum Gasteiger partial charge on any atom is -0.386 e. The second kappa shape index (κ2) is 5.89. The van der Waals surface area contributed by atoms with Crippen LogP contribution in [0.3, 0.4) is 0 Å². The Morgan fingerprint density at radius 3 is 2.73 bits per heavy atom. The fourth-order valence-corrected chi connectivity index (χ4v) is 2.61. The molecule has 0 amide bonds. The lowest BCUT2D eigenvalue weighted by Crippen LogP contribution is -2.31. The molecule has 1 atom stereocenters. The molecule has 0 spiro atoms. The Morgan fingerprint density at radius 1 is 1.60 bits per heavy atom. The number of halogens is 3. The van der Waals surface area contributed by atoms with E-state index in [0.717, 1.165) is 14.2 Å². The topological polar surface area (TPSA) is 32.3 Å². The smallest absolute Gasteiger partial charge is 0.265 e. The lowest BCUT2D eigenvalue weighted by Gasteiger charge is -2.09. The molecule has 1 rings (SSSR count). The van der Waals surface area contributed by atoms with Crippen LogP contribution in [0.2, 0.25) is 0 Å². The van der Waals surface area contributed by atoms with Crippen LogP contribution in [0, 0.1) is 6.92 Å². The first-order valence-electron chi connectivity index (χ1n) is 4.42. The van der Waals surface area contributed by atoms with Crippen molar-refractivity contribution in [3.05, 3.63) is 20.3 Å². The van der Waals surface area contributed by atoms with E-state index in [2.05, 4.69) is 21.2 Å². The summed E-state index contributed by atoms with van der Waals surface area (Å²) in [6.45, 7) is 2.39. The van der Waals surface area contributed by atoms with Crippen LogP contribution < -0.4 is 5.32 Å². The van der Waals surface area contributed by atoms with Crippen LogP contribution in [-0.4, -0.2) is 24.2 Å². The van der Waals surface area contributed by atoms with Gasteiger partial charge in [0.05, 0.1) is 0 Å². The van der Waals surface area contributed by atoms with Gasteiger partial charge in [0, 0.05) is 27.3 Å². The summed E-state index contributed by atoms with van der Waals surface area (Å²) in [4.78, 5) is 2.21. The van der Waals surface area contributed by atoms with Crippen molar-refractivity contribution >= 4 is 27.3 Å². The molecule has 2 N–H and O–H groups in total. The molecule has 1 aromatic heterocycles. The minimum atomic E-state index is -2.69. The number of hydrogen-bond acceptors (Lipinski definition) is 3. The molecular weight excluding hydrogens is 288 g/mol. The van der Waals surface area contributed by atoms with Gasteiger partial charge in [-0.15, -0.1) is 11.3 Å². The summed E-state index contributed by atoms with van der Waals surface area (Å²) in [5.74, 6) is 0. The second-order valence-electron chi connectivity index (χ2n) is 3.15. The van der Waals surface area contributed by atoms with Gasteiger partial charge in [0.25, 0.3) is 6.43 Å². The minimum absolute atomic E-state index is 0.0910. The number of aliphatic hydroxyl groups is 1. The maximum absolute atomic E-state index is 11.9. The number of alkyl halides is 2. The maximum atomic E-state index is 11.9. The molecule has 1 unspecified atom stereocenters. The number of rotatable bonds is 5. The monoisotopic (exact) mass is 299 g/mol. The summed E-state index contributed by atoms with van der Waals surface area (Å²) in [6, 6.07) is 1.95. The summed E-state index contributed by atoms with van der Waals surface area (Å²) in [6.07, 6.45) is -4.27. The van der Waals surface area contributed by atoms with Gasteiger partial charge in [0.1, 0.15) is 6.10 Å². The van der Waals surface area contributed by atoms with Crippen LogP contribution in [-0.2, 0) is 6.54 Å². The molecule has 2 nitrogen and oxygen atoms in total. The van der Waals surface area contributed by atoms with Crippen molar-refractivity contribution in [1.82, 2.24) is 5.32 Å². The number of nitrogens with one attached hydrogen (secondary N) is 1. The van der Waals surface area contributed by atoms with Crippen molar-refractivity contribution in [2.24, 2.45) is 0 Å². The Morgan fingerprint density at radius 2 is 2.27 bits per heavy atom. The van der Waals surface area contributed by atoms with E-state index in [4.69, 9.17) is 5.11 Å². The summed E-state index contributed by atoms with van der Waals surface area (Å²) in [7, 11) is 0. The standard InChI is InChI=1S/C9H12BrF2NOS/c1-5-7(10)2-6(15-5)3-13-4-8(14)9(11)12/h2,8-9,13-14H,3-4H2,1H3. The molecule has 0 fully saturated rings. The fourth-order valence-electron chi connectivity index (χ4n) is 1.04. The van der Waals surface area contributed by atoms with Crippen molar-refractivity contribution in [3.63, 3.8) is 0 Å². The third-order valence-electron chi connectivity index (χ3n) is 1.85. The first-order valence-corrected chi connectivity index (χ1v) is 6.03. The van der Waals surface area contributed by atoms with E-state index in [-0.39, 0.29) is 6.54 Å². The van der Waals surface area contributed by atoms with Gasteiger partial charge < -0.3 is 10.4 Å². The van der Waals surface area contributed by atoms with E-state index in [1.807, 2.05) is 13.0 Å². The molecule has 0 aliphatic rings. The third-order valence-corrected chi connectivity index (χ3v) is 3.99. The van der Waals surface area contributed by atoms with Gasteiger partial charge >= 0.3 is 0 Å². The van der Waals surface area contributed by atoms with Crippen LogP contribution in [0.15, 0.2) is 10.5 Å². The first kappa shape index (κ1) is 13.0. The highest BCUT2D eigenvalue weighted by Gasteiger charge is 2.15. The van der Waals surface area contributed by atoms with Crippen molar-refractivity contribution in [2.45, 2.75) is 26.0 Å². The summed E-state index contributed by atoms with van der Waals surface area (Å²) in [5, 5.41) is 11.6. The highest BCUT2D eigenvalue weighted by molar-refractivity contribution is 9.10. The third kappa shape index (κ3) is 4.14. The Labute approximate surface area is 99.4 Å². The van der Waals surface area contributed by atoms with Crippen molar-refractivity contribution in [1.29, 1.82) is 0 Å². The molecule has 6 heteroatoms. The zero-order valence-corrected chi connectivity index (χ0v) is 10.5. The van der Waals surface area contributed by atoms with Gasteiger partial charge in [-0.3, -0.25) is 0 Å². The zero-order chi connectivity index (χ0) is 11.4. The van der Waals surface area contributed by atoms with E-state index >= 15 is 0 Å². The maximum Gasteiger partial charge on any atom is 0.265 e. The van der Waals surface area contributed by atoms with Crippen LogP contribution in [0.1, 0.15) is 9.75 Å². The predicted molar refractivity (Wildman–Crippen MR) is 60.5 cm³/mol. The average Bonchev–Trinajstić information content (AvgIpc) is 2.46. The molecule has 86 valence electrons. The fraction of sp³-hybridized carbons (Fsp3) is 0.556. The van der Waals surface area contributed by atoms with E-state index in [0.29, 0.717) is 6.54 Å². The van der Waals surface area contributed by atoms with Crippen LogP contribution in [0.5, 0.6) is 0 Å². The lowest BCUT2D eigenvalue weighted by molar-refractivity contribution is -0.00337. The largest absolute Gasteiger partial charge is 0.386 e. The average molecular weight is 300 g/mol. The van der Waals surface area contributed by atoms with Crippen LogP contribution >= 0.6 is 27.3 Å². The molecule has 1 heterocycles. The summed E-state index contributed by atoms with van der Waals surface area (Å²) in [5.41, 5.74) is 0. The van der Waals surface area contributed by atoms with E-state index in [1.165, 1.54) is 0 Å². The van der Waals surface area contributed by atoms with Crippen molar-refractivity contribution < 1.29 is 13.9 Å². The SMILES string of the molecule is Cc1sc(CNCC(O)C(F)F)cc1Br. The van der Waals surface area contributed by atoms with Gasteiger partial charge in [0.2, 0.25) is 0 Å². The Kier molecular flexibility index (Phi) is 5.11. The molecule has 0 aliphatic carbocycles. The molecular formula is C9H12BrF2NOS.